The van der Waals surface area contributed by atoms with E-state index in [-0.39, 0.29) is 0 Å². The lowest BCUT2D eigenvalue weighted by Crippen LogP contribution is -2.24. The minimum atomic E-state index is -1.03. The van der Waals surface area contributed by atoms with Crippen LogP contribution in [0.15, 0.2) is 176 Å². The maximum atomic E-state index is 2.57. The molecule has 41 heavy (non-hydrogen) atoms. The van der Waals surface area contributed by atoms with Gasteiger partial charge in [-0.2, -0.15) is 0 Å². The number of hydrogen-bond donors (Lipinski definition) is 0. The Labute approximate surface area is 243 Å². The highest BCUT2D eigenvalue weighted by atomic mass is 31.1. The van der Waals surface area contributed by atoms with Crippen molar-refractivity contribution < 1.29 is 0 Å². The van der Waals surface area contributed by atoms with Crippen LogP contribution in [0.4, 0.5) is 11.4 Å². The Morgan fingerprint density at radius 1 is 0.293 bits per heavy atom. The summed E-state index contributed by atoms with van der Waals surface area (Å²) in [5.74, 6) is 0. The highest BCUT2D eigenvalue weighted by Gasteiger charge is 2.42. The molecule has 0 amide bonds. The molecule has 0 atom stereocenters. The number of benzene rings is 6. The number of nitrogens with zero attached hydrogens (tertiary/aromatic N) is 2. The predicted octanol–water partition coefficient (Wildman–Crippen LogP) is 9.84. The summed E-state index contributed by atoms with van der Waals surface area (Å²) in [6.45, 7) is 0. The molecule has 1 aliphatic heterocycles. The van der Waals surface area contributed by atoms with Crippen LogP contribution >= 0.6 is 8.22 Å². The summed E-state index contributed by atoms with van der Waals surface area (Å²) in [4.78, 5) is 0. The molecule has 0 aromatic heterocycles. The van der Waals surface area contributed by atoms with Crippen molar-refractivity contribution in [2.75, 3.05) is 9.34 Å². The molecule has 6 aromatic carbocycles. The Hall–Kier alpha value is -4.91. The van der Waals surface area contributed by atoms with Crippen molar-refractivity contribution in [3.63, 3.8) is 0 Å². The summed E-state index contributed by atoms with van der Waals surface area (Å²) < 4.78 is 5.13. The quantitative estimate of drug-likeness (QED) is 0.193. The van der Waals surface area contributed by atoms with E-state index < -0.39 is 8.22 Å². The van der Waals surface area contributed by atoms with Crippen molar-refractivity contribution >= 4 is 36.3 Å². The number of anilines is 2. The Bertz CT molecular complexity index is 1660. The third kappa shape index (κ3) is 4.84. The van der Waals surface area contributed by atoms with Crippen LogP contribution in [0.1, 0.15) is 11.1 Å². The monoisotopic (exact) mass is 544 g/mol. The van der Waals surface area contributed by atoms with Gasteiger partial charge >= 0.3 is 0 Å². The Balaban J connectivity index is 1.50. The molecule has 0 spiro atoms. The lowest BCUT2D eigenvalue weighted by atomic mass is 10.0. The van der Waals surface area contributed by atoms with Crippen molar-refractivity contribution in [2.24, 2.45) is 0 Å². The van der Waals surface area contributed by atoms with Crippen LogP contribution in [0.2, 0.25) is 0 Å². The molecule has 3 heteroatoms. The SMILES string of the molecule is c1ccc(C2=C(c3ccccc3)N(c3ccccc3)P(c3ccc(-c4ccccc4)cc3)N2c2ccccc2)cc1. The molecule has 0 aliphatic carbocycles. The van der Waals surface area contributed by atoms with Gasteiger partial charge in [0.25, 0.3) is 0 Å². The van der Waals surface area contributed by atoms with Gasteiger partial charge in [-0.1, -0.05) is 152 Å². The lowest BCUT2D eigenvalue weighted by molar-refractivity contribution is 1.43. The van der Waals surface area contributed by atoms with E-state index in [4.69, 9.17) is 0 Å². The van der Waals surface area contributed by atoms with Gasteiger partial charge in [0.1, 0.15) is 8.22 Å². The predicted molar refractivity (Wildman–Crippen MR) is 176 cm³/mol. The second-order valence-electron chi connectivity index (χ2n) is 9.93. The van der Waals surface area contributed by atoms with Crippen molar-refractivity contribution in [2.45, 2.75) is 0 Å². The van der Waals surface area contributed by atoms with E-state index >= 15 is 0 Å². The normalized spacial score (nSPS) is 13.6. The summed E-state index contributed by atoms with van der Waals surface area (Å²) in [6.07, 6.45) is 0. The number of para-hydroxylation sites is 2. The van der Waals surface area contributed by atoms with Gasteiger partial charge in [-0.3, -0.25) is 9.34 Å². The fraction of sp³-hybridized carbons (Fsp3) is 0. The Morgan fingerprint density at radius 3 is 1.00 bits per heavy atom. The molecule has 0 N–H and O–H groups in total. The molecule has 0 bridgehead atoms. The van der Waals surface area contributed by atoms with Crippen molar-refractivity contribution in [1.29, 1.82) is 0 Å². The average Bonchev–Trinajstić information content (AvgIpc) is 3.43. The second-order valence-corrected chi connectivity index (χ2v) is 11.8. The van der Waals surface area contributed by atoms with Crippen LogP contribution < -0.4 is 14.6 Å². The van der Waals surface area contributed by atoms with Gasteiger partial charge in [0.15, 0.2) is 0 Å². The Kier molecular flexibility index (Phi) is 6.91. The van der Waals surface area contributed by atoms with Gasteiger partial charge in [0, 0.05) is 27.8 Å². The molecule has 0 unspecified atom stereocenters. The number of rotatable bonds is 6. The zero-order valence-corrected chi connectivity index (χ0v) is 23.5. The molecule has 6 aromatic rings. The maximum Gasteiger partial charge on any atom is 0.138 e. The maximum absolute atomic E-state index is 2.57. The molecular formula is C38H29N2P. The first-order valence-electron chi connectivity index (χ1n) is 13.9. The molecule has 1 aliphatic rings. The van der Waals surface area contributed by atoms with E-state index in [0.717, 1.165) is 0 Å². The first kappa shape index (κ1) is 25.1. The minimum absolute atomic E-state index is 1.03. The third-order valence-electron chi connectivity index (χ3n) is 7.33. The van der Waals surface area contributed by atoms with Gasteiger partial charge in [0.2, 0.25) is 0 Å². The second kappa shape index (κ2) is 11.3. The molecule has 1 heterocycles. The molecule has 0 radical (unpaired) electrons. The molecule has 0 saturated heterocycles. The minimum Gasteiger partial charge on any atom is -0.296 e. The summed E-state index contributed by atoms with van der Waals surface area (Å²) in [6, 6.07) is 63.1. The fourth-order valence-corrected chi connectivity index (χ4v) is 8.01. The standard InChI is InChI=1S/C38H29N2P/c1-6-16-30(17-7-1)31-26-28-36(29-27-31)41-39(34-22-12-4-13-23-34)37(32-18-8-2-9-19-32)38(33-20-10-3-11-21-33)40(41)35-24-14-5-15-25-35/h1-29H. The van der Waals surface area contributed by atoms with Gasteiger partial charge < -0.3 is 0 Å². The summed E-state index contributed by atoms with van der Waals surface area (Å²) in [5.41, 5.74) is 9.62. The van der Waals surface area contributed by atoms with Gasteiger partial charge in [-0.25, -0.2) is 0 Å². The van der Waals surface area contributed by atoms with Crippen molar-refractivity contribution in [1.82, 2.24) is 0 Å². The summed E-state index contributed by atoms with van der Waals surface area (Å²) >= 11 is 0. The summed E-state index contributed by atoms with van der Waals surface area (Å²) in [7, 11) is -1.03. The topological polar surface area (TPSA) is 6.48 Å². The van der Waals surface area contributed by atoms with Gasteiger partial charge in [-0.05, 0) is 35.4 Å². The van der Waals surface area contributed by atoms with Crippen LogP contribution in [-0.2, 0) is 0 Å². The first-order valence-corrected chi connectivity index (χ1v) is 15.1. The smallest absolute Gasteiger partial charge is 0.138 e. The molecular weight excluding hydrogens is 515 g/mol. The lowest BCUT2D eigenvalue weighted by Gasteiger charge is -2.35. The van der Waals surface area contributed by atoms with Crippen LogP contribution in [-0.4, -0.2) is 0 Å². The largest absolute Gasteiger partial charge is 0.296 e. The Morgan fingerprint density at radius 2 is 0.610 bits per heavy atom. The average molecular weight is 545 g/mol. The van der Waals surface area contributed by atoms with Crippen LogP contribution in [0.5, 0.6) is 0 Å². The third-order valence-corrected chi connectivity index (χ3v) is 9.71. The van der Waals surface area contributed by atoms with Crippen LogP contribution in [0, 0.1) is 0 Å². The van der Waals surface area contributed by atoms with E-state index in [1.54, 1.807) is 0 Å². The number of hydrogen-bond acceptors (Lipinski definition) is 2. The molecule has 0 fully saturated rings. The highest BCUT2D eigenvalue weighted by molar-refractivity contribution is 7.70. The van der Waals surface area contributed by atoms with E-state index in [0.29, 0.717) is 0 Å². The van der Waals surface area contributed by atoms with E-state index in [1.165, 1.54) is 50.3 Å². The van der Waals surface area contributed by atoms with Gasteiger partial charge in [0.05, 0.1) is 11.4 Å². The zero-order chi connectivity index (χ0) is 27.4. The van der Waals surface area contributed by atoms with Crippen LogP contribution in [0.25, 0.3) is 22.5 Å². The van der Waals surface area contributed by atoms with Crippen molar-refractivity contribution in [3.05, 3.63) is 187 Å². The molecule has 196 valence electrons. The van der Waals surface area contributed by atoms with E-state index in [2.05, 4.69) is 185 Å². The van der Waals surface area contributed by atoms with Crippen molar-refractivity contribution in [3.8, 4) is 11.1 Å². The molecule has 0 saturated carbocycles. The highest BCUT2D eigenvalue weighted by Crippen LogP contribution is 2.62. The molecule has 2 nitrogen and oxygen atoms in total. The van der Waals surface area contributed by atoms with Crippen LogP contribution in [0.3, 0.4) is 0 Å². The summed E-state index contributed by atoms with van der Waals surface area (Å²) in [5, 5.41) is 1.28. The van der Waals surface area contributed by atoms with E-state index in [1.807, 2.05) is 0 Å². The fourth-order valence-electron chi connectivity index (χ4n) is 5.45. The zero-order valence-electron chi connectivity index (χ0n) is 22.6. The van der Waals surface area contributed by atoms with E-state index in [9.17, 15) is 0 Å². The first-order chi connectivity index (χ1) is 20.4. The molecule has 7 rings (SSSR count). The van der Waals surface area contributed by atoms with Gasteiger partial charge in [-0.15, -0.1) is 0 Å².